The molecular weight excluding hydrogens is 652 g/mol. The molecule has 3 aromatic rings. The number of aliphatic hydroxyl groups excluding tert-OH is 1. The Hall–Kier alpha value is -3.96. The van der Waals surface area contributed by atoms with E-state index >= 15 is 0 Å². The number of anilines is 1. The molecule has 0 aromatic heterocycles. The molecule has 1 unspecified atom stereocenters. The van der Waals surface area contributed by atoms with Gasteiger partial charge in [-0.3, -0.25) is 14.5 Å². The van der Waals surface area contributed by atoms with E-state index in [2.05, 4.69) is 48.4 Å². The number of aliphatic hydroxyl groups is 1. The quantitative estimate of drug-likeness (QED) is 0.187. The molecule has 3 aromatic carbocycles. The van der Waals surface area contributed by atoms with E-state index in [0.29, 0.717) is 43.3 Å². The highest BCUT2D eigenvalue weighted by Crippen LogP contribution is 2.62. The molecule has 2 bridgehead atoms. The average molecular weight is 711 g/mol. The largest absolute Gasteiger partial charge is 0.496 e. The van der Waals surface area contributed by atoms with Gasteiger partial charge in [-0.05, 0) is 79.2 Å². The summed E-state index contributed by atoms with van der Waals surface area (Å²) < 4.78 is 6.10. The van der Waals surface area contributed by atoms with Gasteiger partial charge >= 0.3 is 0 Å². The van der Waals surface area contributed by atoms with Crippen molar-refractivity contribution in [1.82, 2.24) is 15.5 Å². The van der Waals surface area contributed by atoms with Crippen LogP contribution in [0.5, 0.6) is 5.75 Å². The Bertz CT molecular complexity index is 1780. The third-order valence-electron chi connectivity index (χ3n) is 12.9. The zero-order valence-electron chi connectivity index (χ0n) is 31.9. The molecule has 10 heteroatoms. The summed E-state index contributed by atoms with van der Waals surface area (Å²) in [6.07, 6.45) is 2.01. The van der Waals surface area contributed by atoms with Crippen molar-refractivity contribution in [2.75, 3.05) is 39.2 Å². The van der Waals surface area contributed by atoms with Crippen molar-refractivity contribution < 1.29 is 19.4 Å². The summed E-state index contributed by atoms with van der Waals surface area (Å²) in [6.45, 7) is 9.82. The van der Waals surface area contributed by atoms with Crippen LogP contribution < -0.4 is 31.7 Å². The normalized spacial score (nSPS) is 28.4. The lowest BCUT2D eigenvalue weighted by Crippen LogP contribution is -2.76. The number of nitrogens with one attached hydrogen (secondary N) is 2. The van der Waals surface area contributed by atoms with Crippen molar-refractivity contribution in [3.8, 4) is 16.9 Å². The van der Waals surface area contributed by atoms with Gasteiger partial charge in [0, 0.05) is 67.7 Å². The first-order valence-corrected chi connectivity index (χ1v) is 18.7. The smallest absolute Gasteiger partial charge is 0.251 e. The first-order valence-electron chi connectivity index (χ1n) is 18.7. The summed E-state index contributed by atoms with van der Waals surface area (Å²) in [5.74, 6) is 1.07. The molecular formula is C42H58N6O4. The number of carbonyl (C=O) groups is 2. The molecule has 280 valence electrons. The minimum Gasteiger partial charge on any atom is -0.496 e. The minimum absolute atomic E-state index is 0.0326. The van der Waals surface area contributed by atoms with Gasteiger partial charge in [-0.1, -0.05) is 69.3 Å². The van der Waals surface area contributed by atoms with Crippen LogP contribution in [0.1, 0.15) is 68.4 Å². The van der Waals surface area contributed by atoms with Crippen molar-refractivity contribution in [2.45, 2.75) is 89.2 Å². The molecule has 1 aliphatic heterocycles. The average Bonchev–Trinajstić information content (AvgIpc) is 3.46. The van der Waals surface area contributed by atoms with E-state index in [0.717, 1.165) is 47.2 Å². The Labute approximate surface area is 309 Å². The molecule has 7 N–H and O–H groups in total. The zero-order chi connectivity index (χ0) is 37.6. The molecule has 0 radical (unpaired) electrons. The molecule has 4 aliphatic rings. The Morgan fingerprint density at radius 1 is 1.06 bits per heavy atom. The third kappa shape index (κ3) is 6.82. The predicted octanol–water partition coefficient (Wildman–Crippen LogP) is 4.32. The molecule has 7 rings (SSSR count). The van der Waals surface area contributed by atoms with Crippen LogP contribution in [-0.4, -0.2) is 85.4 Å². The van der Waals surface area contributed by atoms with Crippen LogP contribution in [0.25, 0.3) is 11.1 Å². The van der Waals surface area contributed by atoms with Gasteiger partial charge < -0.3 is 36.8 Å². The van der Waals surface area contributed by atoms with E-state index in [1.54, 1.807) is 14.0 Å². The lowest BCUT2D eigenvalue weighted by atomic mass is 9.41. The van der Waals surface area contributed by atoms with Gasteiger partial charge in [0.05, 0.1) is 18.8 Å². The fourth-order valence-corrected chi connectivity index (χ4v) is 9.22. The number of carbonyl (C=O) groups excluding carboxylic acids is 2. The highest BCUT2D eigenvalue weighted by atomic mass is 16.5. The van der Waals surface area contributed by atoms with E-state index in [1.807, 2.05) is 73.6 Å². The molecule has 3 aliphatic carbocycles. The fourth-order valence-electron chi connectivity index (χ4n) is 9.22. The van der Waals surface area contributed by atoms with E-state index in [-0.39, 0.29) is 34.7 Å². The van der Waals surface area contributed by atoms with Gasteiger partial charge in [0.1, 0.15) is 11.8 Å². The number of para-hydroxylation sites is 1. The van der Waals surface area contributed by atoms with Crippen molar-refractivity contribution in [2.24, 2.45) is 28.7 Å². The fraction of sp³-hybridized carbons (Fsp3) is 0.524. The maximum Gasteiger partial charge on any atom is 0.251 e. The summed E-state index contributed by atoms with van der Waals surface area (Å²) in [7, 11) is 5.55. The van der Waals surface area contributed by atoms with Crippen LogP contribution in [-0.2, 0) is 17.8 Å². The van der Waals surface area contributed by atoms with Crippen molar-refractivity contribution >= 4 is 17.5 Å². The summed E-state index contributed by atoms with van der Waals surface area (Å²) in [6, 6.07) is 21.1. The Morgan fingerprint density at radius 3 is 2.44 bits per heavy atom. The van der Waals surface area contributed by atoms with Crippen molar-refractivity contribution in [3.05, 3.63) is 83.4 Å². The van der Waals surface area contributed by atoms with Crippen LogP contribution in [0.4, 0.5) is 5.69 Å². The zero-order valence-corrected chi connectivity index (χ0v) is 31.9. The highest BCUT2D eigenvalue weighted by molar-refractivity contribution is 5.97. The first kappa shape index (κ1) is 37.8. The lowest BCUT2D eigenvalue weighted by molar-refractivity contribution is -0.147. The molecule has 4 fully saturated rings. The van der Waals surface area contributed by atoms with E-state index < -0.39 is 17.7 Å². The lowest BCUT2D eigenvalue weighted by Gasteiger charge is -2.68. The molecule has 3 saturated carbocycles. The maximum atomic E-state index is 14.3. The number of methoxy groups -OCH3 is 1. The highest BCUT2D eigenvalue weighted by Gasteiger charge is 2.65. The molecule has 1 saturated heterocycles. The number of hydrogen-bond donors (Lipinski definition) is 5. The van der Waals surface area contributed by atoms with E-state index in [4.69, 9.17) is 16.2 Å². The monoisotopic (exact) mass is 710 g/mol. The standard InChI is InChI=1S/C42H58N6O4/c1-26-34-23-41(43,40(34,3)4)24-35(26)46-39(51)37-42(44,27(2)49)17-19-48(37)25-29-14-11-15-33(36(29)52-7)30-20-31(22-32(21-30)47(5)6)38(50)45-18-16-28-12-9-8-10-13-28/h8-15,20-22,26-27,34-35,37,49H,16-19,23-25,43-44H2,1-7H3,(H,45,50)(H,46,51)/t26-,27-,34-,35?,37+,41-,42+/m0/s1. The van der Waals surface area contributed by atoms with Crippen molar-refractivity contribution in [3.63, 3.8) is 0 Å². The minimum atomic E-state index is -1.13. The number of amides is 2. The number of benzene rings is 3. The summed E-state index contributed by atoms with van der Waals surface area (Å²) >= 11 is 0. The van der Waals surface area contributed by atoms with Crippen LogP contribution in [0.15, 0.2) is 66.7 Å². The van der Waals surface area contributed by atoms with Gasteiger partial charge in [-0.25, -0.2) is 0 Å². The van der Waals surface area contributed by atoms with Crippen molar-refractivity contribution in [1.29, 1.82) is 0 Å². The number of likely N-dealkylation sites (tertiary alicyclic amines) is 1. The Kier molecular flexibility index (Phi) is 10.5. The molecule has 52 heavy (non-hydrogen) atoms. The summed E-state index contributed by atoms with van der Waals surface area (Å²) in [5, 5.41) is 17.4. The number of nitrogens with zero attached hydrogens (tertiary/aromatic N) is 2. The Morgan fingerprint density at radius 2 is 1.79 bits per heavy atom. The summed E-state index contributed by atoms with van der Waals surface area (Å²) in [4.78, 5) is 31.8. The second-order valence-corrected chi connectivity index (χ2v) is 16.4. The second-order valence-electron chi connectivity index (χ2n) is 16.4. The molecule has 10 nitrogen and oxygen atoms in total. The van der Waals surface area contributed by atoms with Gasteiger partial charge in [-0.2, -0.15) is 0 Å². The number of nitrogens with two attached hydrogens (primary N) is 2. The SMILES string of the molecule is COc1c(CN2CC[C@@](N)([C@H](C)O)[C@H]2C(=O)NC2C[C@@]3(N)C[C@@H]([C@@H]2C)C3(C)C)cccc1-c1cc(C(=O)NCCc2ccccc2)cc(N(C)C)c1. The van der Waals surface area contributed by atoms with E-state index in [9.17, 15) is 14.7 Å². The topological polar surface area (TPSA) is 146 Å². The van der Waals surface area contributed by atoms with Crippen LogP contribution in [0, 0.1) is 17.3 Å². The molecule has 0 spiro atoms. The van der Waals surface area contributed by atoms with E-state index in [1.165, 1.54) is 0 Å². The van der Waals surface area contributed by atoms with Gasteiger partial charge in [-0.15, -0.1) is 0 Å². The maximum absolute atomic E-state index is 14.3. The van der Waals surface area contributed by atoms with Gasteiger partial charge in [0.2, 0.25) is 5.91 Å². The molecule has 1 heterocycles. The predicted molar refractivity (Wildman–Crippen MR) is 207 cm³/mol. The second kappa shape index (κ2) is 14.5. The molecule has 7 atom stereocenters. The van der Waals surface area contributed by atoms with Gasteiger partial charge in [0.15, 0.2) is 0 Å². The first-order chi connectivity index (χ1) is 24.6. The van der Waals surface area contributed by atoms with Gasteiger partial charge in [0.25, 0.3) is 5.91 Å². The molecule has 2 amide bonds. The van der Waals surface area contributed by atoms with Crippen LogP contribution >= 0.6 is 0 Å². The number of hydrogen-bond acceptors (Lipinski definition) is 8. The number of ether oxygens (including phenoxy) is 1. The van der Waals surface area contributed by atoms with Crippen LogP contribution in [0.2, 0.25) is 0 Å². The number of rotatable bonds is 12. The summed E-state index contributed by atoms with van der Waals surface area (Å²) in [5.41, 5.74) is 17.6. The Balaban J connectivity index is 1.25. The number of fused-ring (bicyclic) bond motifs is 2. The van der Waals surface area contributed by atoms with Crippen LogP contribution in [0.3, 0.4) is 0 Å². The third-order valence-corrected chi connectivity index (χ3v) is 12.9.